The molecule has 94 valence electrons. The second-order valence-electron chi connectivity index (χ2n) is 4.66. The third kappa shape index (κ3) is 3.06. The van der Waals surface area contributed by atoms with Gasteiger partial charge in [-0.15, -0.1) is 0 Å². The van der Waals surface area contributed by atoms with Gasteiger partial charge in [-0.2, -0.15) is 0 Å². The molecule has 1 aromatic rings. The van der Waals surface area contributed by atoms with Crippen LogP contribution in [0.5, 0.6) is 0 Å². The number of hydrogen-bond acceptors (Lipinski definition) is 2. The Bertz CT molecular complexity index is 387. The summed E-state index contributed by atoms with van der Waals surface area (Å²) in [7, 11) is 0. The van der Waals surface area contributed by atoms with Crippen LogP contribution in [0.2, 0.25) is 0 Å². The van der Waals surface area contributed by atoms with Crippen LogP contribution in [0.1, 0.15) is 25.5 Å². The Kier molecular flexibility index (Phi) is 4.17. The molecular weight excluding hydrogens is 285 g/mol. The predicted molar refractivity (Wildman–Crippen MR) is 69.4 cm³/mol. The summed E-state index contributed by atoms with van der Waals surface area (Å²) in [5.41, 5.74) is 0.619. The van der Waals surface area contributed by atoms with Crippen LogP contribution in [0.4, 0.5) is 4.39 Å². The molecule has 3 atom stereocenters. The molecule has 0 amide bonds. The third-order valence-corrected chi connectivity index (χ3v) is 3.84. The quantitative estimate of drug-likeness (QED) is 0.859. The number of nitrogens with one attached hydrogen (secondary N) is 1. The molecule has 0 spiro atoms. The van der Waals surface area contributed by atoms with E-state index in [0.717, 1.165) is 4.47 Å². The van der Waals surface area contributed by atoms with Crippen molar-refractivity contribution >= 4 is 15.9 Å². The van der Waals surface area contributed by atoms with E-state index in [4.69, 9.17) is 4.74 Å². The maximum atomic E-state index is 13.8. The standard InChI is InChI=1S/C13H17BrFNO/c1-8-7-17-13(6-16-9(8)2)11-5-10(14)3-4-12(11)15/h3-5,8-9,13,16H,6-7H2,1-2H3. The first kappa shape index (κ1) is 13.0. The van der Waals surface area contributed by atoms with E-state index in [2.05, 4.69) is 35.1 Å². The molecule has 0 radical (unpaired) electrons. The molecule has 4 heteroatoms. The zero-order valence-electron chi connectivity index (χ0n) is 10.0. The van der Waals surface area contributed by atoms with Gasteiger partial charge in [0.05, 0.1) is 12.7 Å². The summed E-state index contributed by atoms with van der Waals surface area (Å²) < 4.78 is 20.4. The molecule has 1 heterocycles. The average Bonchev–Trinajstić information content (AvgIpc) is 2.47. The van der Waals surface area contributed by atoms with Gasteiger partial charge in [-0.25, -0.2) is 4.39 Å². The van der Waals surface area contributed by atoms with Gasteiger partial charge in [0, 0.05) is 22.6 Å². The number of halogens is 2. The van der Waals surface area contributed by atoms with Gasteiger partial charge in [0.1, 0.15) is 5.82 Å². The number of ether oxygens (including phenoxy) is 1. The van der Waals surface area contributed by atoms with Crippen molar-refractivity contribution in [2.75, 3.05) is 13.2 Å². The fourth-order valence-electron chi connectivity index (χ4n) is 1.93. The molecule has 0 aromatic heterocycles. The molecule has 1 aliphatic rings. The topological polar surface area (TPSA) is 21.3 Å². The lowest BCUT2D eigenvalue weighted by atomic mass is 10.1. The average molecular weight is 302 g/mol. The van der Waals surface area contributed by atoms with Gasteiger partial charge >= 0.3 is 0 Å². The molecule has 17 heavy (non-hydrogen) atoms. The van der Waals surface area contributed by atoms with Crippen molar-refractivity contribution in [1.82, 2.24) is 5.32 Å². The van der Waals surface area contributed by atoms with E-state index in [1.54, 1.807) is 12.1 Å². The first-order valence-corrected chi connectivity index (χ1v) is 6.67. The summed E-state index contributed by atoms with van der Waals surface area (Å²) in [5.74, 6) is 0.234. The minimum atomic E-state index is -0.208. The zero-order valence-corrected chi connectivity index (χ0v) is 11.6. The Morgan fingerprint density at radius 1 is 1.41 bits per heavy atom. The molecule has 1 N–H and O–H groups in total. The van der Waals surface area contributed by atoms with Crippen LogP contribution in [0.3, 0.4) is 0 Å². The van der Waals surface area contributed by atoms with Crippen molar-refractivity contribution < 1.29 is 9.13 Å². The van der Waals surface area contributed by atoms with E-state index < -0.39 is 0 Å². The summed E-state index contributed by atoms with van der Waals surface area (Å²) >= 11 is 3.36. The highest BCUT2D eigenvalue weighted by molar-refractivity contribution is 9.10. The van der Waals surface area contributed by atoms with Crippen LogP contribution in [-0.2, 0) is 4.74 Å². The second kappa shape index (κ2) is 5.46. The Hall–Kier alpha value is -0.450. The molecular formula is C13H17BrFNO. The van der Waals surface area contributed by atoms with Gasteiger partial charge in [0.15, 0.2) is 0 Å². The van der Waals surface area contributed by atoms with Crippen LogP contribution in [0.15, 0.2) is 22.7 Å². The summed E-state index contributed by atoms with van der Waals surface area (Å²) in [4.78, 5) is 0. The fraction of sp³-hybridized carbons (Fsp3) is 0.538. The number of benzene rings is 1. The highest BCUT2D eigenvalue weighted by atomic mass is 79.9. The van der Waals surface area contributed by atoms with E-state index in [-0.39, 0.29) is 11.9 Å². The van der Waals surface area contributed by atoms with Crippen LogP contribution in [-0.4, -0.2) is 19.2 Å². The van der Waals surface area contributed by atoms with Gasteiger partial charge in [-0.3, -0.25) is 0 Å². The largest absolute Gasteiger partial charge is 0.372 e. The minimum Gasteiger partial charge on any atom is -0.372 e. The first-order valence-electron chi connectivity index (χ1n) is 5.88. The summed E-state index contributed by atoms with van der Waals surface area (Å²) in [6.07, 6.45) is -0.208. The fourth-order valence-corrected chi connectivity index (χ4v) is 2.31. The Balaban J connectivity index is 2.19. The summed E-state index contributed by atoms with van der Waals surface area (Å²) in [5, 5.41) is 3.38. The van der Waals surface area contributed by atoms with Crippen molar-refractivity contribution in [3.8, 4) is 0 Å². The van der Waals surface area contributed by atoms with Crippen molar-refractivity contribution in [3.05, 3.63) is 34.1 Å². The monoisotopic (exact) mass is 301 g/mol. The highest BCUT2D eigenvalue weighted by Crippen LogP contribution is 2.26. The Morgan fingerprint density at radius 2 is 2.18 bits per heavy atom. The first-order chi connectivity index (χ1) is 8.08. The van der Waals surface area contributed by atoms with Crippen LogP contribution in [0.25, 0.3) is 0 Å². The predicted octanol–water partition coefficient (Wildman–Crippen LogP) is 3.27. The van der Waals surface area contributed by atoms with Crippen molar-refractivity contribution in [1.29, 1.82) is 0 Å². The highest BCUT2D eigenvalue weighted by Gasteiger charge is 2.24. The number of hydrogen-bond donors (Lipinski definition) is 1. The molecule has 1 aromatic carbocycles. The van der Waals surface area contributed by atoms with Gasteiger partial charge in [0.25, 0.3) is 0 Å². The molecule has 1 fully saturated rings. The zero-order chi connectivity index (χ0) is 12.4. The number of rotatable bonds is 1. The molecule has 1 saturated heterocycles. The van der Waals surface area contributed by atoms with E-state index in [1.165, 1.54) is 6.07 Å². The Labute approximate surface area is 110 Å². The van der Waals surface area contributed by atoms with Gasteiger partial charge < -0.3 is 10.1 Å². The molecule has 0 aliphatic carbocycles. The summed E-state index contributed by atoms with van der Waals surface area (Å²) in [6.45, 7) is 5.58. The van der Waals surface area contributed by atoms with Crippen molar-refractivity contribution in [2.45, 2.75) is 26.0 Å². The van der Waals surface area contributed by atoms with E-state index in [0.29, 0.717) is 30.7 Å². The smallest absolute Gasteiger partial charge is 0.129 e. The Morgan fingerprint density at radius 3 is 2.94 bits per heavy atom. The maximum Gasteiger partial charge on any atom is 0.129 e. The summed E-state index contributed by atoms with van der Waals surface area (Å²) in [6, 6.07) is 5.37. The van der Waals surface area contributed by atoms with Gasteiger partial charge in [-0.1, -0.05) is 22.9 Å². The van der Waals surface area contributed by atoms with Crippen molar-refractivity contribution in [2.24, 2.45) is 5.92 Å². The van der Waals surface area contributed by atoms with E-state index in [9.17, 15) is 4.39 Å². The molecule has 0 saturated carbocycles. The lowest BCUT2D eigenvalue weighted by Crippen LogP contribution is -2.32. The van der Waals surface area contributed by atoms with Gasteiger partial charge in [-0.05, 0) is 31.0 Å². The van der Waals surface area contributed by atoms with Crippen molar-refractivity contribution in [3.63, 3.8) is 0 Å². The molecule has 1 aliphatic heterocycles. The van der Waals surface area contributed by atoms with Gasteiger partial charge in [0.2, 0.25) is 0 Å². The molecule has 3 unspecified atom stereocenters. The van der Waals surface area contributed by atoms with Crippen LogP contribution in [0, 0.1) is 11.7 Å². The lowest BCUT2D eigenvalue weighted by molar-refractivity contribution is 0.0474. The minimum absolute atomic E-state index is 0.206. The SMILES string of the molecule is CC1COC(c2cc(Br)ccc2F)CNC1C. The third-order valence-electron chi connectivity index (χ3n) is 3.34. The normalized spacial score (nSPS) is 30.0. The molecule has 2 rings (SSSR count). The van der Waals surface area contributed by atoms with Crippen LogP contribution >= 0.6 is 15.9 Å². The van der Waals surface area contributed by atoms with E-state index in [1.807, 2.05) is 0 Å². The second-order valence-corrected chi connectivity index (χ2v) is 5.58. The van der Waals surface area contributed by atoms with E-state index >= 15 is 0 Å². The molecule has 2 nitrogen and oxygen atoms in total. The van der Waals surface area contributed by atoms with Crippen LogP contribution < -0.4 is 5.32 Å². The molecule has 0 bridgehead atoms. The maximum absolute atomic E-state index is 13.8. The lowest BCUT2D eigenvalue weighted by Gasteiger charge is -2.16.